The molecule has 106 valence electrons. The Morgan fingerprint density at radius 3 is 2.72 bits per heavy atom. The molecule has 0 bridgehead atoms. The summed E-state index contributed by atoms with van der Waals surface area (Å²) in [6.07, 6.45) is 11.8. The summed E-state index contributed by atoms with van der Waals surface area (Å²) in [5, 5.41) is 6.48. The van der Waals surface area contributed by atoms with Gasteiger partial charge in [-0.1, -0.05) is 39.0 Å². The summed E-state index contributed by atoms with van der Waals surface area (Å²) in [5.74, 6) is 0.239. The number of hydrogen-bond donors (Lipinski definition) is 2. The minimum Gasteiger partial charge on any atom is -0.356 e. The van der Waals surface area contributed by atoms with E-state index in [1.54, 1.807) is 0 Å². The average Bonchev–Trinajstić information content (AvgIpc) is 2.87. The molecule has 0 aromatic carbocycles. The highest BCUT2D eigenvalue weighted by Gasteiger charge is 2.13. The van der Waals surface area contributed by atoms with Crippen LogP contribution >= 0.6 is 0 Å². The van der Waals surface area contributed by atoms with Crippen LogP contribution in [-0.2, 0) is 4.79 Å². The lowest BCUT2D eigenvalue weighted by atomic mass is 10.1. The number of amides is 1. The molecule has 1 aliphatic rings. The van der Waals surface area contributed by atoms with Gasteiger partial charge in [0.05, 0.1) is 0 Å². The van der Waals surface area contributed by atoms with Crippen molar-refractivity contribution in [2.75, 3.05) is 13.1 Å². The van der Waals surface area contributed by atoms with Crippen LogP contribution in [0.5, 0.6) is 0 Å². The maximum Gasteiger partial charge on any atom is 0.219 e. The molecule has 0 spiro atoms. The Hall–Kier alpha value is -0.570. The summed E-state index contributed by atoms with van der Waals surface area (Å²) in [4.78, 5) is 11.6. The van der Waals surface area contributed by atoms with Crippen LogP contribution in [-0.4, -0.2) is 25.0 Å². The van der Waals surface area contributed by atoms with Gasteiger partial charge >= 0.3 is 0 Å². The van der Waals surface area contributed by atoms with E-state index >= 15 is 0 Å². The lowest BCUT2D eigenvalue weighted by Gasteiger charge is -2.10. The molecule has 1 fully saturated rings. The quantitative estimate of drug-likeness (QED) is 0.588. The second-order valence-corrected chi connectivity index (χ2v) is 5.45. The van der Waals surface area contributed by atoms with E-state index in [2.05, 4.69) is 17.6 Å². The first-order chi connectivity index (χ1) is 8.83. The molecule has 3 heteroatoms. The zero-order chi connectivity index (χ0) is 13.1. The van der Waals surface area contributed by atoms with Gasteiger partial charge in [0, 0.05) is 19.0 Å². The van der Waals surface area contributed by atoms with Crippen LogP contribution < -0.4 is 10.6 Å². The third-order valence-electron chi connectivity index (χ3n) is 3.73. The molecule has 2 N–H and O–H groups in total. The molecule has 18 heavy (non-hydrogen) atoms. The van der Waals surface area contributed by atoms with Crippen LogP contribution in [0.3, 0.4) is 0 Å². The van der Waals surface area contributed by atoms with Gasteiger partial charge in [-0.2, -0.15) is 0 Å². The molecular formula is C15H30N2O. The van der Waals surface area contributed by atoms with Crippen LogP contribution in [0.2, 0.25) is 0 Å². The van der Waals surface area contributed by atoms with Crippen molar-refractivity contribution in [3.63, 3.8) is 0 Å². The predicted octanol–water partition coefficient (Wildman–Crippen LogP) is 3.00. The minimum absolute atomic E-state index is 0.239. The summed E-state index contributed by atoms with van der Waals surface area (Å²) in [6, 6.07) is 0.638. The Bertz CT molecular complexity index is 213. The maximum absolute atomic E-state index is 11.6. The highest BCUT2D eigenvalue weighted by atomic mass is 16.1. The van der Waals surface area contributed by atoms with Crippen molar-refractivity contribution in [2.24, 2.45) is 0 Å². The summed E-state index contributed by atoms with van der Waals surface area (Å²) < 4.78 is 0. The smallest absolute Gasteiger partial charge is 0.219 e. The largest absolute Gasteiger partial charge is 0.356 e. The third kappa shape index (κ3) is 7.70. The molecule has 0 aromatic rings. The normalized spacial score (nSPS) is 19.1. The molecule has 1 atom stereocenters. The first-order valence-corrected chi connectivity index (χ1v) is 7.83. The van der Waals surface area contributed by atoms with Gasteiger partial charge in [-0.15, -0.1) is 0 Å². The second-order valence-electron chi connectivity index (χ2n) is 5.45. The lowest BCUT2D eigenvalue weighted by Crippen LogP contribution is -2.30. The van der Waals surface area contributed by atoms with Crippen molar-refractivity contribution >= 4 is 5.91 Å². The molecule has 1 amide bonds. The Labute approximate surface area is 112 Å². The van der Waals surface area contributed by atoms with Gasteiger partial charge in [-0.25, -0.2) is 0 Å². The number of hydrogen-bond acceptors (Lipinski definition) is 2. The van der Waals surface area contributed by atoms with Crippen LogP contribution in [0.25, 0.3) is 0 Å². The first-order valence-electron chi connectivity index (χ1n) is 7.83. The molecule has 0 aromatic heterocycles. The van der Waals surface area contributed by atoms with Gasteiger partial charge in [0.25, 0.3) is 0 Å². The molecule has 0 saturated carbocycles. The van der Waals surface area contributed by atoms with E-state index in [1.165, 1.54) is 44.9 Å². The van der Waals surface area contributed by atoms with Gasteiger partial charge in [0.1, 0.15) is 0 Å². The average molecular weight is 254 g/mol. The van der Waals surface area contributed by atoms with E-state index in [1.807, 2.05) is 0 Å². The third-order valence-corrected chi connectivity index (χ3v) is 3.73. The van der Waals surface area contributed by atoms with Gasteiger partial charge < -0.3 is 10.6 Å². The Morgan fingerprint density at radius 1 is 1.22 bits per heavy atom. The predicted molar refractivity (Wildman–Crippen MR) is 76.6 cm³/mol. The van der Waals surface area contributed by atoms with Crippen LogP contribution in [0.4, 0.5) is 0 Å². The van der Waals surface area contributed by atoms with Crippen molar-refractivity contribution in [1.29, 1.82) is 0 Å². The van der Waals surface area contributed by atoms with Gasteiger partial charge in [-0.3, -0.25) is 4.79 Å². The fraction of sp³-hybridized carbons (Fsp3) is 0.933. The van der Waals surface area contributed by atoms with Crippen molar-refractivity contribution in [1.82, 2.24) is 10.6 Å². The lowest BCUT2D eigenvalue weighted by molar-refractivity contribution is -0.121. The van der Waals surface area contributed by atoms with Crippen LogP contribution in [0.15, 0.2) is 0 Å². The number of rotatable bonds is 10. The first kappa shape index (κ1) is 15.5. The highest BCUT2D eigenvalue weighted by molar-refractivity contribution is 5.75. The Kier molecular flexibility index (Phi) is 8.92. The van der Waals surface area contributed by atoms with Crippen LogP contribution in [0, 0.1) is 0 Å². The number of nitrogens with one attached hydrogen (secondary N) is 2. The zero-order valence-corrected chi connectivity index (χ0v) is 12.0. The molecular weight excluding hydrogens is 224 g/mol. The Balaban J connectivity index is 1.84. The monoisotopic (exact) mass is 254 g/mol. The summed E-state index contributed by atoms with van der Waals surface area (Å²) >= 11 is 0. The number of unbranched alkanes of at least 4 members (excludes halogenated alkanes) is 5. The molecule has 1 saturated heterocycles. The van der Waals surface area contributed by atoms with Gasteiger partial charge in [-0.05, 0) is 32.2 Å². The van der Waals surface area contributed by atoms with E-state index in [4.69, 9.17) is 0 Å². The fourth-order valence-corrected chi connectivity index (χ4v) is 2.54. The van der Waals surface area contributed by atoms with Gasteiger partial charge in [0.15, 0.2) is 0 Å². The van der Waals surface area contributed by atoms with E-state index < -0.39 is 0 Å². The van der Waals surface area contributed by atoms with Crippen molar-refractivity contribution in [3.05, 3.63) is 0 Å². The van der Waals surface area contributed by atoms with E-state index in [-0.39, 0.29) is 5.91 Å². The zero-order valence-electron chi connectivity index (χ0n) is 12.0. The van der Waals surface area contributed by atoms with Crippen molar-refractivity contribution in [3.8, 4) is 0 Å². The fourth-order valence-electron chi connectivity index (χ4n) is 2.54. The van der Waals surface area contributed by atoms with Crippen LogP contribution in [0.1, 0.15) is 71.1 Å². The standard InChI is InChI=1S/C15H30N2O/c1-2-3-4-5-6-7-10-15(18)17-13-11-14-9-8-12-16-14/h14,16H,2-13H2,1H3,(H,17,18)/t14-/m0/s1. The molecule has 1 rings (SSSR count). The highest BCUT2D eigenvalue weighted by Crippen LogP contribution is 2.08. The summed E-state index contributed by atoms with van der Waals surface area (Å²) in [6.45, 7) is 4.22. The topological polar surface area (TPSA) is 41.1 Å². The minimum atomic E-state index is 0.239. The second kappa shape index (κ2) is 10.4. The molecule has 3 nitrogen and oxygen atoms in total. The van der Waals surface area contributed by atoms with E-state index in [0.717, 1.165) is 25.9 Å². The molecule has 1 aliphatic heterocycles. The summed E-state index contributed by atoms with van der Waals surface area (Å²) in [7, 11) is 0. The van der Waals surface area contributed by atoms with E-state index in [0.29, 0.717) is 12.5 Å². The maximum atomic E-state index is 11.6. The number of carbonyl (C=O) groups excluding carboxylic acids is 1. The van der Waals surface area contributed by atoms with Gasteiger partial charge in [0.2, 0.25) is 5.91 Å². The molecule has 1 heterocycles. The molecule has 0 unspecified atom stereocenters. The van der Waals surface area contributed by atoms with Crippen molar-refractivity contribution < 1.29 is 4.79 Å². The molecule has 0 aliphatic carbocycles. The Morgan fingerprint density at radius 2 is 2.00 bits per heavy atom. The SMILES string of the molecule is CCCCCCCCC(=O)NCC[C@@H]1CCCN1. The van der Waals surface area contributed by atoms with Crippen molar-refractivity contribution in [2.45, 2.75) is 77.2 Å². The summed E-state index contributed by atoms with van der Waals surface area (Å²) in [5.41, 5.74) is 0. The van der Waals surface area contributed by atoms with E-state index in [9.17, 15) is 4.79 Å². The molecule has 0 radical (unpaired) electrons. The number of carbonyl (C=O) groups is 1.